The molecule has 0 aromatic carbocycles. The number of carbonyl (C=O) groups excluding carboxylic acids is 1. The lowest BCUT2D eigenvalue weighted by Gasteiger charge is -2.14. The minimum atomic E-state index is 0. The number of nitrogens with two attached hydrogens (primary N) is 1. The van der Waals surface area contributed by atoms with Crippen LogP contribution in [0, 0.1) is 0 Å². The zero-order valence-corrected chi connectivity index (χ0v) is 15.2. The Hall–Kier alpha value is -0.830. The highest BCUT2D eigenvalue weighted by atomic mass is 127. The van der Waals surface area contributed by atoms with Gasteiger partial charge >= 0.3 is 0 Å². The van der Waals surface area contributed by atoms with E-state index in [4.69, 9.17) is 5.73 Å². The number of guanidine groups is 1. The predicted octanol–water partition coefficient (Wildman–Crippen LogP) is 1.83. The number of thiophene rings is 1. The van der Waals surface area contributed by atoms with Gasteiger partial charge in [0.25, 0.3) is 0 Å². The van der Waals surface area contributed by atoms with Gasteiger partial charge in [-0.3, -0.25) is 9.79 Å². The van der Waals surface area contributed by atoms with Crippen LogP contribution in [-0.4, -0.2) is 42.9 Å². The number of nitrogens with zero attached hydrogens (tertiary/aromatic N) is 2. The molecule has 1 aliphatic rings. The normalized spacial score (nSPS) is 15.1. The van der Waals surface area contributed by atoms with Crippen LogP contribution in [0.25, 0.3) is 0 Å². The Morgan fingerprint density at radius 3 is 3.05 bits per heavy atom. The first-order valence-electron chi connectivity index (χ1n) is 7.09. The third-order valence-electron chi connectivity index (χ3n) is 3.30. The van der Waals surface area contributed by atoms with Crippen molar-refractivity contribution in [3.8, 4) is 0 Å². The van der Waals surface area contributed by atoms with E-state index in [9.17, 15) is 4.79 Å². The first-order chi connectivity index (χ1) is 9.75. The van der Waals surface area contributed by atoms with Crippen molar-refractivity contribution in [1.82, 2.24) is 10.2 Å². The molecule has 1 aromatic heterocycles. The summed E-state index contributed by atoms with van der Waals surface area (Å²) >= 11 is 1.75. The van der Waals surface area contributed by atoms with E-state index < -0.39 is 0 Å². The summed E-state index contributed by atoms with van der Waals surface area (Å²) < 4.78 is 0. The fourth-order valence-corrected chi connectivity index (χ4v) is 2.94. The van der Waals surface area contributed by atoms with Crippen molar-refractivity contribution in [2.75, 3.05) is 26.2 Å². The summed E-state index contributed by atoms with van der Waals surface area (Å²) in [4.78, 5) is 18.9. The molecule has 0 spiro atoms. The van der Waals surface area contributed by atoms with Crippen LogP contribution in [-0.2, 0) is 11.2 Å². The van der Waals surface area contributed by atoms with Gasteiger partial charge in [-0.15, -0.1) is 35.3 Å². The maximum absolute atomic E-state index is 11.4. The van der Waals surface area contributed by atoms with Crippen LogP contribution in [0.4, 0.5) is 0 Å². The molecular formula is C14H23IN4OS. The molecule has 0 unspecified atom stereocenters. The average Bonchev–Trinajstić information content (AvgIpc) is 3.07. The Labute approximate surface area is 147 Å². The standard InChI is InChI=1S/C14H22N4OS.HI/c15-14(17-8-6-12-4-2-11-20-12)16-7-3-10-18-9-1-5-13(18)19;/h2,4,11H,1,3,5-10H2,(H3,15,16,17);1H. The maximum Gasteiger partial charge on any atom is 0.222 e. The van der Waals surface area contributed by atoms with E-state index in [0.717, 1.165) is 38.9 Å². The molecule has 118 valence electrons. The highest BCUT2D eigenvalue weighted by Gasteiger charge is 2.18. The third-order valence-corrected chi connectivity index (χ3v) is 4.23. The molecule has 1 saturated heterocycles. The van der Waals surface area contributed by atoms with Crippen LogP contribution in [0.5, 0.6) is 0 Å². The number of aliphatic imine (C=N–C) groups is 1. The molecule has 1 aliphatic heterocycles. The molecule has 7 heteroatoms. The van der Waals surface area contributed by atoms with Crippen LogP contribution >= 0.6 is 35.3 Å². The summed E-state index contributed by atoms with van der Waals surface area (Å²) in [7, 11) is 0. The molecule has 1 fully saturated rings. The smallest absolute Gasteiger partial charge is 0.222 e. The lowest BCUT2D eigenvalue weighted by molar-refractivity contribution is -0.127. The number of hydrogen-bond acceptors (Lipinski definition) is 3. The van der Waals surface area contributed by atoms with Crippen molar-refractivity contribution in [3.63, 3.8) is 0 Å². The Morgan fingerprint density at radius 1 is 1.52 bits per heavy atom. The monoisotopic (exact) mass is 422 g/mol. The molecule has 0 bridgehead atoms. The predicted molar refractivity (Wildman–Crippen MR) is 98.4 cm³/mol. The molecule has 2 rings (SSSR count). The molecule has 1 aromatic rings. The largest absolute Gasteiger partial charge is 0.370 e. The lowest BCUT2D eigenvalue weighted by Crippen LogP contribution is -2.33. The maximum atomic E-state index is 11.4. The molecule has 2 heterocycles. The number of likely N-dealkylation sites (tertiary alicyclic amines) is 1. The quantitative estimate of drug-likeness (QED) is 0.305. The van der Waals surface area contributed by atoms with E-state index >= 15 is 0 Å². The summed E-state index contributed by atoms with van der Waals surface area (Å²) in [5.74, 6) is 0.769. The van der Waals surface area contributed by atoms with Gasteiger partial charge in [0.2, 0.25) is 5.91 Å². The van der Waals surface area contributed by atoms with Crippen LogP contribution < -0.4 is 11.1 Å². The second-order valence-corrected chi connectivity index (χ2v) is 5.89. The van der Waals surface area contributed by atoms with Gasteiger partial charge in [-0.1, -0.05) is 6.07 Å². The summed E-state index contributed by atoms with van der Waals surface area (Å²) in [6.45, 7) is 3.17. The number of carbonyl (C=O) groups is 1. The summed E-state index contributed by atoms with van der Waals surface area (Å²) in [6, 6.07) is 4.17. The molecule has 0 radical (unpaired) electrons. The van der Waals surface area contributed by atoms with Crippen molar-refractivity contribution in [3.05, 3.63) is 22.4 Å². The molecule has 3 N–H and O–H groups in total. The highest BCUT2D eigenvalue weighted by Crippen LogP contribution is 2.09. The van der Waals surface area contributed by atoms with E-state index in [2.05, 4.69) is 27.8 Å². The summed E-state index contributed by atoms with van der Waals surface area (Å²) in [5, 5.41) is 5.19. The van der Waals surface area contributed by atoms with Crippen molar-refractivity contribution < 1.29 is 4.79 Å². The number of nitrogens with one attached hydrogen (secondary N) is 1. The molecule has 21 heavy (non-hydrogen) atoms. The first-order valence-corrected chi connectivity index (χ1v) is 7.97. The van der Waals surface area contributed by atoms with Crippen LogP contribution in [0.2, 0.25) is 0 Å². The van der Waals surface area contributed by atoms with Crippen molar-refractivity contribution in [2.45, 2.75) is 25.7 Å². The minimum Gasteiger partial charge on any atom is -0.370 e. The second kappa shape index (κ2) is 9.99. The van der Waals surface area contributed by atoms with E-state index in [-0.39, 0.29) is 29.9 Å². The zero-order valence-electron chi connectivity index (χ0n) is 12.1. The van der Waals surface area contributed by atoms with Crippen molar-refractivity contribution in [1.29, 1.82) is 0 Å². The summed E-state index contributed by atoms with van der Waals surface area (Å²) in [5.41, 5.74) is 5.80. The number of hydrogen-bond donors (Lipinski definition) is 2. The van der Waals surface area contributed by atoms with Gasteiger partial charge in [-0.05, 0) is 30.7 Å². The van der Waals surface area contributed by atoms with E-state index in [0.29, 0.717) is 18.9 Å². The average molecular weight is 422 g/mol. The second-order valence-electron chi connectivity index (χ2n) is 4.86. The molecule has 1 amide bonds. The van der Waals surface area contributed by atoms with Gasteiger partial charge in [0.05, 0.1) is 0 Å². The van der Waals surface area contributed by atoms with Gasteiger partial charge < -0.3 is 16.0 Å². The van der Waals surface area contributed by atoms with Gasteiger partial charge in [0, 0.05) is 37.5 Å². The van der Waals surface area contributed by atoms with E-state index in [1.165, 1.54) is 4.88 Å². The molecule has 0 saturated carbocycles. The Kier molecular flexibility index (Phi) is 8.67. The van der Waals surface area contributed by atoms with E-state index in [1.807, 2.05) is 4.90 Å². The van der Waals surface area contributed by atoms with E-state index in [1.54, 1.807) is 11.3 Å². The fraction of sp³-hybridized carbons (Fsp3) is 0.571. The molecule has 0 atom stereocenters. The number of halogens is 1. The van der Waals surface area contributed by atoms with Crippen LogP contribution in [0.1, 0.15) is 24.1 Å². The van der Waals surface area contributed by atoms with Gasteiger partial charge in [-0.2, -0.15) is 0 Å². The van der Waals surface area contributed by atoms with Crippen molar-refractivity contribution >= 4 is 47.2 Å². The highest BCUT2D eigenvalue weighted by molar-refractivity contribution is 14.0. The third kappa shape index (κ3) is 6.64. The first kappa shape index (κ1) is 18.2. The number of amides is 1. The van der Waals surface area contributed by atoms with Gasteiger partial charge in [0.15, 0.2) is 5.96 Å². The Balaban J connectivity index is 0.00000220. The summed E-state index contributed by atoms with van der Waals surface area (Å²) in [6.07, 6.45) is 3.54. The molecular weight excluding hydrogens is 399 g/mol. The number of rotatable bonds is 7. The molecule has 5 nitrogen and oxygen atoms in total. The Morgan fingerprint density at radius 2 is 2.38 bits per heavy atom. The fourth-order valence-electron chi connectivity index (χ4n) is 2.23. The van der Waals surface area contributed by atoms with Crippen LogP contribution in [0.15, 0.2) is 22.5 Å². The zero-order chi connectivity index (χ0) is 14.2. The topological polar surface area (TPSA) is 70.7 Å². The van der Waals surface area contributed by atoms with Crippen LogP contribution in [0.3, 0.4) is 0 Å². The molecule has 0 aliphatic carbocycles. The minimum absolute atomic E-state index is 0. The SMILES string of the molecule is I.NC(=NCCCN1CCCC1=O)NCCc1cccs1. The Bertz CT molecular complexity index is 450. The lowest BCUT2D eigenvalue weighted by atomic mass is 10.3. The van der Waals surface area contributed by atoms with Gasteiger partial charge in [-0.25, -0.2) is 0 Å². The van der Waals surface area contributed by atoms with Crippen molar-refractivity contribution in [2.24, 2.45) is 10.7 Å². The van der Waals surface area contributed by atoms with Gasteiger partial charge in [0.1, 0.15) is 0 Å².